The van der Waals surface area contributed by atoms with Gasteiger partial charge in [-0.2, -0.15) is 0 Å². The van der Waals surface area contributed by atoms with Crippen molar-refractivity contribution in [3.05, 3.63) is 12.2 Å². The molecule has 0 fully saturated rings. The summed E-state index contributed by atoms with van der Waals surface area (Å²) < 4.78 is 0. The molecule has 0 heterocycles. The zero-order valence-electron chi connectivity index (χ0n) is 5.72. The van der Waals surface area contributed by atoms with Crippen molar-refractivity contribution in [2.75, 3.05) is 0 Å². The Hall–Kier alpha value is -0.260. The lowest BCUT2D eigenvalue weighted by molar-refractivity contribution is 0.449. The monoisotopic (exact) mass is 112 g/mol. The third kappa shape index (κ3) is 1.36. The average molecular weight is 112 g/mol. The number of allylic oxidation sites excluding steroid dienone is 2. The van der Waals surface area contributed by atoms with Gasteiger partial charge in [0.25, 0.3) is 0 Å². The Balaban J connectivity index is 0.000000640. The molecule has 0 aromatic heterocycles. The Morgan fingerprint density at radius 3 is 2.62 bits per heavy atom. The summed E-state index contributed by atoms with van der Waals surface area (Å²) >= 11 is 0. The van der Waals surface area contributed by atoms with Gasteiger partial charge in [-0.25, -0.2) is 0 Å². The molecule has 0 spiro atoms. The molecule has 0 radical (unpaired) electrons. The number of hydrogen-bond acceptors (Lipinski definition) is 0. The van der Waals surface area contributed by atoms with Crippen LogP contribution in [0.2, 0.25) is 0 Å². The Bertz CT molecular complexity index is 96.7. The standard InChI is InChI=1S/C8H14.H2/c1-7-4-3-5-8(2)6-7;/h3-4,7-8H,5-6H2,1-2H3;1H/t7?,8-;/m0./s1. The summed E-state index contributed by atoms with van der Waals surface area (Å²) in [6.45, 7) is 4.60. The highest BCUT2D eigenvalue weighted by Gasteiger charge is 2.08. The molecule has 1 aliphatic carbocycles. The molecule has 0 N–H and O–H groups in total. The van der Waals surface area contributed by atoms with Crippen molar-refractivity contribution in [1.29, 1.82) is 0 Å². The van der Waals surface area contributed by atoms with E-state index < -0.39 is 0 Å². The van der Waals surface area contributed by atoms with Gasteiger partial charge in [-0.3, -0.25) is 0 Å². The van der Waals surface area contributed by atoms with Gasteiger partial charge in [-0.15, -0.1) is 0 Å². The van der Waals surface area contributed by atoms with Crippen molar-refractivity contribution in [2.24, 2.45) is 11.8 Å². The molecule has 0 aromatic carbocycles. The second-order valence-electron chi connectivity index (χ2n) is 2.98. The summed E-state index contributed by atoms with van der Waals surface area (Å²) in [7, 11) is 0. The maximum atomic E-state index is 2.32. The smallest absolute Gasteiger partial charge is 0 e. The van der Waals surface area contributed by atoms with E-state index in [2.05, 4.69) is 26.0 Å². The minimum atomic E-state index is 0. The lowest BCUT2D eigenvalue weighted by Gasteiger charge is -2.16. The highest BCUT2D eigenvalue weighted by Crippen LogP contribution is 2.21. The minimum absolute atomic E-state index is 0. The van der Waals surface area contributed by atoms with E-state index in [1.54, 1.807) is 0 Å². The van der Waals surface area contributed by atoms with Crippen LogP contribution < -0.4 is 0 Å². The van der Waals surface area contributed by atoms with E-state index in [9.17, 15) is 0 Å². The second kappa shape index (κ2) is 2.34. The number of rotatable bonds is 0. The quantitative estimate of drug-likeness (QED) is 0.423. The average Bonchev–Trinajstić information content (AvgIpc) is 1.64. The van der Waals surface area contributed by atoms with E-state index >= 15 is 0 Å². The molecule has 0 heteroatoms. The normalized spacial score (nSPS) is 37.8. The Kier molecular flexibility index (Phi) is 1.72. The zero-order valence-corrected chi connectivity index (χ0v) is 5.72. The fourth-order valence-electron chi connectivity index (χ4n) is 1.35. The first-order valence-electron chi connectivity index (χ1n) is 3.45. The molecule has 0 nitrogen and oxygen atoms in total. The summed E-state index contributed by atoms with van der Waals surface area (Å²) in [5, 5.41) is 0. The van der Waals surface area contributed by atoms with E-state index in [-0.39, 0.29) is 1.43 Å². The second-order valence-corrected chi connectivity index (χ2v) is 2.98. The maximum Gasteiger partial charge on any atom is 0 e. The van der Waals surface area contributed by atoms with Crippen LogP contribution in [-0.2, 0) is 0 Å². The maximum absolute atomic E-state index is 2.32. The first-order chi connectivity index (χ1) is 3.79. The van der Waals surface area contributed by atoms with Crippen LogP contribution in [0.15, 0.2) is 12.2 Å². The van der Waals surface area contributed by atoms with E-state index in [1.165, 1.54) is 12.8 Å². The van der Waals surface area contributed by atoms with Crippen LogP contribution in [0.3, 0.4) is 0 Å². The molecule has 1 unspecified atom stereocenters. The van der Waals surface area contributed by atoms with Gasteiger partial charge in [0, 0.05) is 1.43 Å². The lowest BCUT2D eigenvalue weighted by Crippen LogP contribution is -2.04. The van der Waals surface area contributed by atoms with Gasteiger partial charge in [-0.05, 0) is 24.7 Å². The molecule has 0 saturated heterocycles. The molecule has 8 heavy (non-hydrogen) atoms. The third-order valence-corrected chi connectivity index (χ3v) is 1.78. The van der Waals surface area contributed by atoms with Gasteiger partial charge >= 0.3 is 0 Å². The largest absolute Gasteiger partial charge is 0.0880 e. The van der Waals surface area contributed by atoms with Gasteiger partial charge in [0.2, 0.25) is 0 Å². The molecule has 0 aromatic rings. The zero-order chi connectivity index (χ0) is 5.98. The highest BCUT2D eigenvalue weighted by molar-refractivity contribution is 4.92. The van der Waals surface area contributed by atoms with Crippen LogP contribution in [0.1, 0.15) is 28.1 Å². The molecular formula is C8H16. The summed E-state index contributed by atoms with van der Waals surface area (Å²) in [4.78, 5) is 0. The van der Waals surface area contributed by atoms with Gasteiger partial charge in [0.05, 0.1) is 0 Å². The predicted molar refractivity (Wildman–Crippen MR) is 38.8 cm³/mol. The molecular weight excluding hydrogens is 96.1 g/mol. The molecule has 0 amide bonds. The Morgan fingerprint density at radius 1 is 1.50 bits per heavy atom. The summed E-state index contributed by atoms with van der Waals surface area (Å²) in [6.07, 6.45) is 7.31. The molecule has 48 valence electrons. The van der Waals surface area contributed by atoms with E-state index in [0.717, 1.165) is 11.8 Å². The molecule has 0 aliphatic heterocycles. The molecule has 1 rings (SSSR count). The van der Waals surface area contributed by atoms with Crippen molar-refractivity contribution in [3.63, 3.8) is 0 Å². The number of hydrogen-bond donors (Lipinski definition) is 0. The van der Waals surface area contributed by atoms with Crippen LogP contribution in [0.25, 0.3) is 0 Å². The third-order valence-electron chi connectivity index (χ3n) is 1.78. The molecule has 0 saturated carbocycles. The topological polar surface area (TPSA) is 0 Å². The van der Waals surface area contributed by atoms with Gasteiger partial charge in [0.1, 0.15) is 0 Å². The first kappa shape index (κ1) is 5.87. The minimum Gasteiger partial charge on any atom is -0.0880 e. The van der Waals surface area contributed by atoms with Crippen LogP contribution in [0.5, 0.6) is 0 Å². The van der Waals surface area contributed by atoms with E-state index in [4.69, 9.17) is 0 Å². The van der Waals surface area contributed by atoms with E-state index in [1.807, 2.05) is 0 Å². The Morgan fingerprint density at radius 2 is 2.25 bits per heavy atom. The van der Waals surface area contributed by atoms with Crippen LogP contribution in [0, 0.1) is 11.8 Å². The van der Waals surface area contributed by atoms with Crippen LogP contribution >= 0.6 is 0 Å². The SMILES string of the molecule is CC1C=CC[C@H](C)C1.[HH]. The van der Waals surface area contributed by atoms with Crippen molar-refractivity contribution in [3.8, 4) is 0 Å². The van der Waals surface area contributed by atoms with Crippen molar-refractivity contribution in [1.82, 2.24) is 0 Å². The summed E-state index contributed by atoms with van der Waals surface area (Å²) in [5.41, 5.74) is 0. The highest BCUT2D eigenvalue weighted by atomic mass is 14.1. The molecule has 0 bridgehead atoms. The van der Waals surface area contributed by atoms with Crippen molar-refractivity contribution < 1.29 is 1.43 Å². The van der Waals surface area contributed by atoms with Gasteiger partial charge < -0.3 is 0 Å². The van der Waals surface area contributed by atoms with Crippen LogP contribution in [0.4, 0.5) is 0 Å². The lowest BCUT2D eigenvalue weighted by atomic mass is 9.89. The molecule has 2 atom stereocenters. The Labute approximate surface area is 53.1 Å². The van der Waals surface area contributed by atoms with Gasteiger partial charge in [-0.1, -0.05) is 26.0 Å². The predicted octanol–water partition coefficient (Wildman–Crippen LogP) is 2.85. The van der Waals surface area contributed by atoms with Crippen LogP contribution in [-0.4, -0.2) is 0 Å². The fraction of sp³-hybridized carbons (Fsp3) is 0.750. The first-order valence-corrected chi connectivity index (χ1v) is 3.45. The summed E-state index contributed by atoms with van der Waals surface area (Å²) in [5.74, 6) is 1.76. The van der Waals surface area contributed by atoms with Crippen molar-refractivity contribution in [2.45, 2.75) is 26.7 Å². The summed E-state index contributed by atoms with van der Waals surface area (Å²) in [6, 6.07) is 0. The molecule has 1 aliphatic rings. The van der Waals surface area contributed by atoms with Crippen molar-refractivity contribution >= 4 is 0 Å². The van der Waals surface area contributed by atoms with Gasteiger partial charge in [0.15, 0.2) is 0 Å². The van der Waals surface area contributed by atoms with E-state index in [0.29, 0.717) is 0 Å². The fourth-order valence-corrected chi connectivity index (χ4v) is 1.35.